The molecule has 1 amide bonds. The first-order valence-corrected chi connectivity index (χ1v) is 11.8. The molecule has 0 spiro atoms. The van der Waals surface area contributed by atoms with Crippen LogP contribution in [0.4, 0.5) is 5.69 Å². The fourth-order valence-corrected chi connectivity index (χ4v) is 4.35. The highest BCUT2D eigenvalue weighted by atomic mass is 32.2. The summed E-state index contributed by atoms with van der Waals surface area (Å²) in [4.78, 5) is 12.6. The lowest BCUT2D eigenvalue weighted by molar-refractivity contribution is -0.111. The number of para-hydroxylation sites is 1. The van der Waals surface area contributed by atoms with E-state index in [1.165, 1.54) is 17.7 Å². The van der Waals surface area contributed by atoms with Gasteiger partial charge in [0.1, 0.15) is 0 Å². The SMILES string of the molecule is CCS(=O)(=O)c1ccccc1NC(=O)/C=C/c1c(C)nn(Cc2ccc(C)cc2)c1C. The molecule has 0 atom stereocenters. The predicted octanol–water partition coefficient (Wildman–Crippen LogP) is 4.30. The molecule has 6 nitrogen and oxygen atoms in total. The molecule has 3 rings (SSSR count). The van der Waals surface area contributed by atoms with Crippen molar-refractivity contribution in [2.24, 2.45) is 0 Å². The molecule has 0 saturated carbocycles. The minimum absolute atomic E-state index is 0.0335. The maximum atomic E-state index is 12.5. The number of amides is 1. The molecule has 1 heterocycles. The molecule has 3 aromatic rings. The number of rotatable bonds is 7. The van der Waals surface area contributed by atoms with Gasteiger partial charge in [0.2, 0.25) is 5.91 Å². The summed E-state index contributed by atoms with van der Waals surface area (Å²) in [6.45, 7) is 8.15. The van der Waals surface area contributed by atoms with Gasteiger partial charge in [-0.3, -0.25) is 9.48 Å². The summed E-state index contributed by atoms with van der Waals surface area (Å²) in [7, 11) is -3.44. The van der Waals surface area contributed by atoms with Crippen molar-refractivity contribution in [3.8, 4) is 0 Å². The standard InChI is InChI=1S/C24H27N3O3S/c1-5-31(29,30)23-9-7-6-8-22(23)25-24(28)15-14-21-18(3)26-27(19(21)4)16-20-12-10-17(2)11-13-20/h6-15H,5,16H2,1-4H3,(H,25,28)/b15-14+. The highest BCUT2D eigenvalue weighted by Crippen LogP contribution is 2.22. The molecule has 0 bridgehead atoms. The number of nitrogens with zero attached hydrogens (tertiary/aromatic N) is 2. The van der Waals surface area contributed by atoms with Crippen LogP contribution in [0, 0.1) is 20.8 Å². The van der Waals surface area contributed by atoms with E-state index in [4.69, 9.17) is 0 Å². The van der Waals surface area contributed by atoms with Gasteiger partial charge in [-0.2, -0.15) is 5.10 Å². The highest BCUT2D eigenvalue weighted by Gasteiger charge is 2.17. The summed E-state index contributed by atoms with van der Waals surface area (Å²) in [5, 5.41) is 7.28. The van der Waals surface area contributed by atoms with E-state index in [9.17, 15) is 13.2 Å². The second-order valence-electron chi connectivity index (χ2n) is 7.45. The van der Waals surface area contributed by atoms with Crippen LogP contribution in [-0.2, 0) is 21.2 Å². The van der Waals surface area contributed by atoms with Crippen LogP contribution in [0.5, 0.6) is 0 Å². The molecule has 2 aromatic carbocycles. The Labute approximate surface area is 183 Å². The Morgan fingerprint density at radius 3 is 2.42 bits per heavy atom. The third-order valence-electron chi connectivity index (χ3n) is 5.15. The smallest absolute Gasteiger partial charge is 0.248 e. The molecule has 1 aromatic heterocycles. The number of hydrogen-bond acceptors (Lipinski definition) is 4. The van der Waals surface area contributed by atoms with Crippen molar-refractivity contribution in [3.05, 3.63) is 82.7 Å². The van der Waals surface area contributed by atoms with E-state index in [-0.39, 0.29) is 16.3 Å². The Morgan fingerprint density at radius 2 is 1.74 bits per heavy atom. The summed E-state index contributed by atoms with van der Waals surface area (Å²) >= 11 is 0. The average molecular weight is 438 g/mol. The van der Waals surface area contributed by atoms with Gasteiger partial charge >= 0.3 is 0 Å². The monoisotopic (exact) mass is 437 g/mol. The van der Waals surface area contributed by atoms with Crippen molar-refractivity contribution >= 4 is 27.5 Å². The second kappa shape index (κ2) is 9.31. The fourth-order valence-electron chi connectivity index (χ4n) is 3.30. The van der Waals surface area contributed by atoms with E-state index in [0.717, 1.165) is 22.5 Å². The minimum Gasteiger partial charge on any atom is -0.321 e. The summed E-state index contributed by atoms with van der Waals surface area (Å²) in [6, 6.07) is 14.7. The van der Waals surface area contributed by atoms with Crippen molar-refractivity contribution in [1.29, 1.82) is 0 Å². The van der Waals surface area contributed by atoms with Gasteiger partial charge < -0.3 is 5.32 Å². The predicted molar refractivity (Wildman–Crippen MR) is 124 cm³/mol. The zero-order valence-corrected chi connectivity index (χ0v) is 19.0. The van der Waals surface area contributed by atoms with Crippen molar-refractivity contribution in [1.82, 2.24) is 9.78 Å². The fraction of sp³-hybridized carbons (Fsp3) is 0.250. The van der Waals surface area contributed by atoms with Gasteiger partial charge in [0.25, 0.3) is 0 Å². The molecule has 0 fully saturated rings. The van der Waals surface area contributed by atoms with E-state index in [0.29, 0.717) is 6.54 Å². The Bertz CT molecular complexity index is 1220. The molecule has 162 valence electrons. The first-order valence-electron chi connectivity index (χ1n) is 10.1. The van der Waals surface area contributed by atoms with E-state index in [1.54, 1.807) is 31.2 Å². The molecule has 31 heavy (non-hydrogen) atoms. The van der Waals surface area contributed by atoms with E-state index < -0.39 is 15.7 Å². The van der Waals surface area contributed by atoms with Crippen LogP contribution in [0.3, 0.4) is 0 Å². The molecule has 0 aliphatic heterocycles. The Kier molecular flexibility index (Phi) is 6.75. The quantitative estimate of drug-likeness (QED) is 0.559. The largest absolute Gasteiger partial charge is 0.321 e. The van der Waals surface area contributed by atoms with Gasteiger partial charge in [-0.1, -0.05) is 48.9 Å². The minimum atomic E-state index is -3.44. The zero-order valence-electron chi connectivity index (χ0n) is 18.2. The lowest BCUT2D eigenvalue weighted by atomic mass is 10.1. The molecule has 0 radical (unpaired) electrons. The molecule has 7 heteroatoms. The number of anilines is 1. The zero-order chi connectivity index (χ0) is 22.6. The van der Waals surface area contributed by atoms with Gasteiger partial charge in [0.05, 0.1) is 28.6 Å². The van der Waals surface area contributed by atoms with Gasteiger partial charge in [0.15, 0.2) is 9.84 Å². The van der Waals surface area contributed by atoms with Gasteiger partial charge in [0, 0.05) is 17.3 Å². The van der Waals surface area contributed by atoms with Gasteiger partial charge in [-0.15, -0.1) is 0 Å². The van der Waals surface area contributed by atoms with Crippen molar-refractivity contribution < 1.29 is 13.2 Å². The number of carbonyl (C=O) groups is 1. The Balaban J connectivity index is 1.78. The summed E-state index contributed by atoms with van der Waals surface area (Å²) < 4.78 is 26.4. The van der Waals surface area contributed by atoms with Crippen LogP contribution in [0.25, 0.3) is 6.08 Å². The first kappa shape index (κ1) is 22.5. The lowest BCUT2D eigenvalue weighted by Gasteiger charge is -2.09. The van der Waals surface area contributed by atoms with Crippen LogP contribution in [-0.4, -0.2) is 29.9 Å². The van der Waals surface area contributed by atoms with Crippen LogP contribution >= 0.6 is 0 Å². The molecular weight excluding hydrogens is 410 g/mol. The summed E-state index contributed by atoms with van der Waals surface area (Å²) in [5.41, 5.74) is 5.29. The number of sulfone groups is 1. The molecular formula is C24H27N3O3S. The number of hydrogen-bond donors (Lipinski definition) is 1. The van der Waals surface area contributed by atoms with Crippen LogP contribution in [0.15, 0.2) is 59.5 Å². The maximum Gasteiger partial charge on any atom is 0.248 e. The number of aryl methyl sites for hydroxylation is 2. The average Bonchev–Trinajstić information content (AvgIpc) is 3.01. The van der Waals surface area contributed by atoms with E-state index in [1.807, 2.05) is 18.5 Å². The lowest BCUT2D eigenvalue weighted by Crippen LogP contribution is -2.13. The Morgan fingerprint density at radius 1 is 1.06 bits per heavy atom. The number of nitrogens with one attached hydrogen (secondary N) is 1. The number of benzene rings is 2. The normalized spacial score (nSPS) is 11.7. The van der Waals surface area contributed by atoms with Crippen molar-refractivity contribution in [3.63, 3.8) is 0 Å². The second-order valence-corrected chi connectivity index (χ2v) is 9.70. The highest BCUT2D eigenvalue weighted by molar-refractivity contribution is 7.91. The molecule has 0 aliphatic rings. The molecule has 1 N–H and O–H groups in total. The van der Waals surface area contributed by atoms with Crippen LogP contribution in [0.1, 0.15) is 35.0 Å². The summed E-state index contributed by atoms with van der Waals surface area (Å²) in [6.07, 6.45) is 3.12. The third kappa shape index (κ3) is 5.30. The van der Waals surface area contributed by atoms with E-state index in [2.05, 4.69) is 41.6 Å². The first-order chi connectivity index (χ1) is 14.7. The third-order valence-corrected chi connectivity index (χ3v) is 6.94. The van der Waals surface area contributed by atoms with Crippen LogP contribution < -0.4 is 5.32 Å². The van der Waals surface area contributed by atoms with E-state index >= 15 is 0 Å². The Hall–Kier alpha value is -3.19. The molecule has 0 unspecified atom stereocenters. The van der Waals surface area contributed by atoms with Crippen molar-refractivity contribution in [2.45, 2.75) is 39.1 Å². The van der Waals surface area contributed by atoms with Gasteiger partial charge in [-0.05, 0) is 44.5 Å². The topological polar surface area (TPSA) is 81.1 Å². The van der Waals surface area contributed by atoms with Gasteiger partial charge in [-0.25, -0.2) is 8.42 Å². The van der Waals surface area contributed by atoms with Crippen molar-refractivity contribution in [2.75, 3.05) is 11.1 Å². The maximum absolute atomic E-state index is 12.5. The molecule has 0 aliphatic carbocycles. The molecule has 0 saturated heterocycles. The number of aromatic nitrogens is 2. The summed E-state index contributed by atoms with van der Waals surface area (Å²) in [5.74, 6) is -0.433. The number of carbonyl (C=O) groups excluding carboxylic acids is 1. The van der Waals surface area contributed by atoms with Crippen LogP contribution in [0.2, 0.25) is 0 Å².